The van der Waals surface area contributed by atoms with E-state index in [0.29, 0.717) is 16.1 Å². The van der Waals surface area contributed by atoms with Crippen molar-refractivity contribution in [3.63, 3.8) is 0 Å². The van der Waals surface area contributed by atoms with Gasteiger partial charge in [0.1, 0.15) is 5.76 Å². The minimum Gasteiger partial charge on any atom is -0.507 e. The standard InChI is InChI=1S/C24H20ClNO4/c1-30-14-13-26-21(16-9-11-17(25)12-10-16)20(23(28)24(26)29)22(27)19-8-4-6-15-5-2-3-7-18(15)19/h2-12,21,27H,13-14H2,1H3/b22-20-. The highest BCUT2D eigenvalue weighted by Gasteiger charge is 2.45. The van der Waals surface area contributed by atoms with Crippen LogP contribution < -0.4 is 0 Å². The Bertz CT molecular complexity index is 1150. The van der Waals surface area contributed by atoms with E-state index in [2.05, 4.69) is 0 Å². The van der Waals surface area contributed by atoms with Gasteiger partial charge in [0, 0.05) is 24.2 Å². The number of rotatable bonds is 5. The Morgan fingerprint density at radius 1 is 1.03 bits per heavy atom. The third-order valence-corrected chi connectivity index (χ3v) is 5.56. The maximum Gasteiger partial charge on any atom is 0.295 e. The Labute approximate surface area is 179 Å². The van der Waals surface area contributed by atoms with Crippen LogP contribution in [0.3, 0.4) is 0 Å². The molecule has 0 aromatic heterocycles. The highest BCUT2D eigenvalue weighted by molar-refractivity contribution is 6.46. The lowest BCUT2D eigenvalue weighted by molar-refractivity contribution is -0.140. The smallest absolute Gasteiger partial charge is 0.295 e. The summed E-state index contributed by atoms with van der Waals surface area (Å²) in [6.45, 7) is 0.492. The van der Waals surface area contributed by atoms with Gasteiger partial charge in [0.25, 0.3) is 11.7 Å². The van der Waals surface area contributed by atoms with Gasteiger partial charge < -0.3 is 14.7 Å². The number of methoxy groups -OCH3 is 1. The Morgan fingerprint density at radius 3 is 2.47 bits per heavy atom. The normalized spacial score (nSPS) is 18.3. The number of hydrogen-bond acceptors (Lipinski definition) is 4. The molecule has 1 amide bonds. The molecule has 1 unspecified atom stereocenters. The van der Waals surface area contributed by atoms with Gasteiger partial charge in [0.05, 0.1) is 18.2 Å². The van der Waals surface area contributed by atoms with Gasteiger partial charge >= 0.3 is 0 Å². The van der Waals surface area contributed by atoms with Gasteiger partial charge in [-0.1, -0.05) is 66.2 Å². The number of carbonyl (C=O) groups excluding carboxylic acids is 2. The van der Waals surface area contributed by atoms with Crippen LogP contribution in [0.15, 0.2) is 72.3 Å². The average Bonchev–Trinajstić information content (AvgIpc) is 3.02. The second-order valence-corrected chi connectivity index (χ2v) is 7.50. The van der Waals surface area contributed by atoms with E-state index in [1.807, 2.05) is 36.4 Å². The summed E-state index contributed by atoms with van der Waals surface area (Å²) in [7, 11) is 1.53. The molecule has 0 bridgehead atoms. The van der Waals surface area contributed by atoms with Crippen molar-refractivity contribution in [1.29, 1.82) is 0 Å². The fourth-order valence-electron chi connectivity index (χ4n) is 3.87. The number of amides is 1. The van der Waals surface area contributed by atoms with Crippen molar-refractivity contribution < 1.29 is 19.4 Å². The number of fused-ring (bicyclic) bond motifs is 1. The van der Waals surface area contributed by atoms with Gasteiger partial charge in [-0.25, -0.2) is 0 Å². The fraction of sp³-hybridized carbons (Fsp3) is 0.167. The Morgan fingerprint density at radius 2 is 1.73 bits per heavy atom. The van der Waals surface area contributed by atoms with Crippen LogP contribution in [0.1, 0.15) is 17.2 Å². The quantitative estimate of drug-likeness (QED) is 0.372. The molecule has 1 heterocycles. The molecule has 3 aromatic carbocycles. The number of likely N-dealkylation sites (tertiary alicyclic amines) is 1. The molecule has 0 saturated carbocycles. The zero-order valence-electron chi connectivity index (χ0n) is 16.3. The zero-order chi connectivity index (χ0) is 21.3. The predicted molar refractivity (Wildman–Crippen MR) is 116 cm³/mol. The van der Waals surface area contributed by atoms with Gasteiger partial charge in [-0.2, -0.15) is 0 Å². The summed E-state index contributed by atoms with van der Waals surface area (Å²) in [6.07, 6.45) is 0. The van der Waals surface area contributed by atoms with E-state index in [1.165, 1.54) is 12.0 Å². The van der Waals surface area contributed by atoms with Gasteiger partial charge in [0.2, 0.25) is 0 Å². The van der Waals surface area contributed by atoms with E-state index in [1.54, 1.807) is 30.3 Å². The molecule has 1 N–H and O–H groups in total. The third kappa shape index (κ3) is 3.47. The van der Waals surface area contributed by atoms with Crippen molar-refractivity contribution in [3.05, 3.63) is 88.5 Å². The maximum atomic E-state index is 13.0. The summed E-state index contributed by atoms with van der Waals surface area (Å²) in [6, 6.07) is 19.3. The molecular formula is C24H20ClNO4. The van der Waals surface area contributed by atoms with E-state index in [0.717, 1.165) is 10.8 Å². The van der Waals surface area contributed by atoms with Crippen molar-refractivity contribution in [2.45, 2.75) is 6.04 Å². The summed E-state index contributed by atoms with van der Waals surface area (Å²) in [5.41, 5.74) is 1.27. The molecule has 1 aliphatic rings. The molecule has 1 fully saturated rings. The highest BCUT2D eigenvalue weighted by atomic mass is 35.5. The van der Waals surface area contributed by atoms with E-state index in [9.17, 15) is 14.7 Å². The first kappa shape index (κ1) is 20.1. The SMILES string of the molecule is COCCN1C(=O)C(=O)/C(=C(\O)c2cccc3ccccc23)C1c1ccc(Cl)cc1. The van der Waals surface area contributed by atoms with Crippen molar-refractivity contribution in [2.24, 2.45) is 0 Å². The van der Waals surface area contributed by atoms with Gasteiger partial charge in [-0.3, -0.25) is 9.59 Å². The molecule has 4 rings (SSSR count). The molecule has 0 aliphatic carbocycles. The monoisotopic (exact) mass is 421 g/mol. The largest absolute Gasteiger partial charge is 0.507 e. The van der Waals surface area contributed by atoms with Crippen LogP contribution in [-0.4, -0.2) is 42.0 Å². The lowest BCUT2D eigenvalue weighted by Crippen LogP contribution is -2.32. The molecule has 0 spiro atoms. The Hall–Kier alpha value is -3.15. The van der Waals surface area contributed by atoms with Crippen molar-refractivity contribution in [1.82, 2.24) is 4.90 Å². The molecule has 0 radical (unpaired) electrons. The van der Waals surface area contributed by atoms with Gasteiger partial charge in [-0.15, -0.1) is 0 Å². The summed E-state index contributed by atoms with van der Waals surface area (Å²) in [5.74, 6) is -1.56. The summed E-state index contributed by atoms with van der Waals surface area (Å²) in [5, 5.41) is 13.5. The lowest BCUT2D eigenvalue weighted by Gasteiger charge is -2.25. The topological polar surface area (TPSA) is 66.8 Å². The van der Waals surface area contributed by atoms with Gasteiger partial charge in [-0.05, 0) is 28.5 Å². The first-order valence-corrected chi connectivity index (χ1v) is 9.91. The molecule has 1 aliphatic heterocycles. The second-order valence-electron chi connectivity index (χ2n) is 7.06. The molecule has 1 saturated heterocycles. The molecule has 30 heavy (non-hydrogen) atoms. The van der Waals surface area contributed by atoms with Crippen molar-refractivity contribution >= 4 is 39.8 Å². The molecule has 1 atom stereocenters. The number of aliphatic hydroxyl groups excluding tert-OH is 1. The number of carbonyl (C=O) groups is 2. The van der Waals surface area contributed by atoms with Crippen LogP contribution in [0, 0.1) is 0 Å². The third-order valence-electron chi connectivity index (χ3n) is 5.31. The molecule has 3 aromatic rings. The summed E-state index contributed by atoms with van der Waals surface area (Å²) >= 11 is 6.03. The summed E-state index contributed by atoms with van der Waals surface area (Å²) < 4.78 is 5.12. The van der Waals surface area contributed by atoms with Crippen molar-refractivity contribution in [2.75, 3.05) is 20.3 Å². The minimum atomic E-state index is -0.726. The number of hydrogen-bond donors (Lipinski definition) is 1. The average molecular weight is 422 g/mol. The zero-order valence-corrected chi connectivity index (χ0v) is 17.1. The molecule has 6 heteroatoms. The number of nitrogens with zero attached hydrogens (tertiary/aromatic N) is 1. The molecule has 5 nitrogen and oxygen atoms in total. The van der Waals surface area contributed by atoms with E-state index in [4.69, 9.17) is 16.3 Å². The van der Waals surface area contributed by atoms with Gasteiger partial charge in [0.15, 0.2) is 0 Å². The summed E-state index contributed by atoms with van der Waals surface area (Å²) in [4.78, 5) is 27.3. The van der Waals surface area contributed by atoms with Crippen LogP contribution in [0.25, 0.3) is 16.5 Å². The van der Waals surface area contributed by atoms with Crippen molar-refractivity contribution in [3.8, 4) is 0 Å². The lowest BCUT2D eigenvalue weighted by atomic mass is 9.93. The van der Waals surface area contributed by atoms with E-state index < -0.39 is 17.7 Å². The first-order valence-electron chi connectivity index (χ1n) is 9.54. The van der Waals surface area contributed by atoms with Crippen LogP contribution in [0.2, 0.25) is 5.02 Å². The van der Waals surface area contributed by atoms with E-state index in [-0.39, 0.29) is 24.5 Å². The Kier molecular flexibility index (Phi) is 5.57. The predicted octanol–water partition coefficient (Wildman–Crippen LogP) is 4.56. The fourth-order valence-corrected chi connectivity index (χ4v) is 3.99. The number of Topliss-reactive ketones (excluding diaryl/α,β-unsaturated/α-hetero) is 1. The number of aliphatic hydroxyl groups is 1. The maximum absolute atomic E-state index is 13.0. The number of ketones is 1. The van der Waals surface area contributed by atoms with Crippen LogP contribution in [-0.2, 0) is 14.3 Å². The number of benzene rings is 3. The second kappa shape index (κ2) is 8.30. The van der Waals surface area contributed by atoms with E-state index >= 15 is 0 Å². The Balaban J connectivity index is 1.93. The first-order chi connectivity index (χ1) is 14.5. The highest BCUT2D eigenvalue weighted by Crippen LogP contribution is 2.40. The molecular weight excluding hydrogens is 402 g/mol. The number of halogens is 1. The minimum absolute atomic E-state index is 0.0646. The van der Waals surface area contributed by atoms with Crippen LogP contribution >= 0.6 is 11.6 Å². The van der Waals surface area contributed by atoms with Crippen LogP contribution in [0.4, 0.5) is 0 Å². The number of ether oxygens (including phenoxy) is 1. The van der Waals surface area contributed by atoms with Crippen LogP contribution in [0.5, 0.6) is 0 Å². The molecule has 152 valence electrons.